The van der Waals surface area contributed by atoms with E-state index in [0.29, 0.717) is 36.6 Å². The van der Waals surface area contributed by atoms with Gasteiger partial charge in [0.15, 0.2) is 11.5 Å². The molecule has 0 bridgehead atoms. The molecule has 10 heteroatoms. The molecule has 2 aromatic rings. The van der Waals surface area contributed by atoms with Gasteiger partial charge in [0.1, 0.15) is 0 Å². The number of methoxy groups -OCH3 is 2. The summed E-state index contributed by atoms with van der Waals surface area (Å²) >= 11 is 0. The molecule has 0 spiro atoms. The van der Waals surface area contributed by atoms with Gasteiger partial charge >= 0.3 is 5.97 Å². The van der Waals surface area contributed by atoms with Crippen LogP contribution in [0.3, 0.4) is 0 Å². The van der Waals surface area contributed by atoms with Crippen molar-refractivity contribution in [3.8, 4) is 11.5 Å². The van der Waals surface area contributed by atoms with Crippen LogP contribution in [0, 0.1) is 5.92 Å². The molecule has 0 aromatic heterocycles. The zero-order valence-electron chi connectivity index (χ0n) is 19.6. The number of ether oxygens (including phenoxy) is 3. The number of rotatable bonds is 9. The van der Waals surface area contributed by atoms with Crippen molar-refractivity contribution in [3.63, 3.8) is 0 Å². The molecule has 1 amide bonds. The number of piperidine rings is 1. The average Bonchev–Trinajstić information content (AvgIpc) is 2.85. The summed E-state index contributed by atoms with van der Waals surface area (Å²) in [4.78, 5) is 24.4. The van der Waals surface area contributed by atoms with E-state index in [0.717, 1.165) is 5.56 Å². The molecule has 0 radical (unpaired) electrons. The predicted octanol–water partition coefficient (Wildman–Crippen LogP) is 2.85. The van der Waals surface area contributed by atoms with Crippen molar-refractivity contribution in [2.45, 2.75) is 31.1 Å². The van der Waals surface area contributed by atoms with Crippen LogP contribution in [0.1, 0.15) is 25.3 Å². The Bertz CT molecular complexity index is 1110. The Morgan fingerprint density at radius 2 is 1.65 bits per heavy atom. The number of hydrogen-bond donors (Lipinski definition) is 1. The number of amides is 1. The second kappa shape index (κ2) is 11.3. The first-order valence-corrected chi connectivity index (χ1v) is 12.5. The van der Waals surface area contributed by atoms with Gasteiger partial charge in [-0.25, -0.2) is 8.42 Å². The molecule has 1 aliphatic rings. The van der Waals surface area contributed by atoms with Crippen molar-refractivity contribution in [3.05, 3.63) is 48.0 Å². The number of sulfonamides is 1. The number of anilines is 1. The van der Waals surface area contributed by atoms with Crippen molar-refractivity contribution in [1.29, 1.82) is 0 Å². The molecule has 1 N–H and O–H groups in total. The van der Waals surface area contributed by atoms with E-state index in [4.69, 9.17) is 14.2 Å². The Kier molecular flexibility index (Phi) is 8.51. The summed E-state index contributed by atoms with van der Waals surface area (Å²) in [5.41, 5.74) is 1.42. The third-order valence-corrected chi connectivity index (χ3v) is 7.59. The van der Waals surface area contributed by atoms with Crippen LogP contribution in [0.25, 0.3) is 0 Å². The monoisotopic (exact) mass is 490 g/mol. The van der Waals surface area contributed by atoms with Crippen molar-refractivity contribution in [2.75, 3.05) is 39.2 Å². The molecule has 0 unspecified atom stereocenters. The summed E-state index contributed by atoms with van der Waals surface area (Å²) in [7, 11) is -0.782. The number of benzene rings is 2. The van der Waals surface area contributed by atoms with E-state index in [-0.39, 0.29) is 42.2 Å². The lowest BCUT2D eigenvalue weighted by Crippen LogP contribution is -2.41. The van der Waals surface area contributed by atoms with E-state index in [1.165, 1.54) is 30.7 Å². The van der Waals surface area contributed by atoms with E-state index in [2.05, 4.69) is 5.32 Å². The van der Waals surface area contributed by atoms with Crippen LogP contribution in [0.4, 0.5) is 5.69 Å². The molecular formula is C24H30N2O7S. The summed E-state index contributed by atoms with van der Waals surface area (Å²) in [6.07, 6.45) is 1.01. The molecule has 0 aliphatic carbocycles. The van der Waals surface area contributed by atoms with Crippen LogP contribution < -0.4 is 14.8 Å². The fourth-order valence-electron chi connectivity index (χ4n) is 3.81. The molecule has 9 nitrogen and oxygen atoms in total. The van der Waals surface area contributed by atoms with Crippen molar-refractivity contribution >= 4 is 27.6 Å². The lowest BCUT2D eigenvalue weighted by Gasteiger charge is -2.30. The highest BCUT2D eigenvalue weighted by atomic mass is 32.2. The highest BCUT2D eigenvalue weighted by Crippen LogP contribution is 2.32. The standard InChI is InChI=1S/C24H30N2O7S/c1-4-33-23(27)15-17-5-7-19(8-6-17)25-24(28)18-11-13-26(14-12-18)34(29,30)20-9-10-21(31-2)22(16-20)32-3/h5-10,16,18H,4,11-15H2,1-3H3,(H,25,28). The van der Waals surface area contributed by atoms with Gasteiger partial charge < -0.3 is 19.5 Å². The minimum Gasteiger partial charge on any atom is -0.493 e. The minimum atomic E-state index is -3.72. The smallest absolute Gasteiger partial charge is 0.310 e. The molecule has 184 valence electrons. The quantitative estimate of drug-likeness (QED) is 0.538. The Balaban J connectivity index is 1.57. The van der Waals surface area contributed by atoms with Crippen LogP contribution in [-0.2, 0) is 30.8 Å². The fourth-order valence-corrected chi connectivity index (χ4v) is 5.30. The van der Waals surface area contributed by atoms with Crippen LogP contribution in [0.5, 0.6) is 11.5 Å². The number of carbonyl (C=O) groups excluding carboxylic acids is 2. The van der Waals surface area contributed by atoms with E-state index in [1.54, 1.807) is 37.3 Å². The van der Waals surface area contributed by atoms with E-state index in [9.17, 15) is 18.0 Å². The van der Waals surface area contributed by atoms with Crippen molar-refractivity contribution in [2.24, 2.45) is 5.92 Å². The Hall–Kier alpha value is -3.11. The van der Waals surface area contributed by atoms with Gasteiger partial charge in [0, 0.05) is 30.8 Å². The molecule has 1 saturated heterocycles. The first-order chi connectivity index (χ1) is 16.3. The highest BCUT2D eigenvalue weighted by Gasteiger charge is 2.32. The maximum Gasteiger partial charge on any atom is 0.310 e. The molecule has 2 aromatic carbocycles. The van der Waals surface area contributed by atoms with Gasteiger partial charge in [0.05, 0.1) is 32.1 Å². The molecule has 3 rings (SSSR count). The Morgan fingerprint density at radius 1 is 1.00 bits per heavy atom. The highest BCUT2D eigenvalue weighted by molar-refractivity contribution is 7.89. The Labute approximate surface area is 200 Å². The molecule has 1 fully saturated rings. The zero-order valence-corrected chi connectivity index (χ0v) is 20.4. The first-order valence-electron chi connectivity index (χ1n) is 11.1. The summed E-state index contributed by atoms with van der Waals surface area (Å²) in [6, 6.07) is 11.5. The summed E-state index contributed by atoms with van der Waals surface area (Å²) in [5.74, 6) is 0.0447. The molecule has 0 saturated carbocycles. The third-order valence-electron chi connectivity index (χ3n) is 5.69. The first kappa shape index (κ1) is 25.5. The van der Waals surface area contributed by atoms with Gasteiger partial charge in [0.25, 0.3) is 0 Å². The molecule has 1 aliphatic heterocycles. The van der Waals surface area contributed by atoms with Crippen LogP contribution in [0.15, 0.2) is 47.4 Å². The van der Waals surface area contributed by atoms with Crippen LogP contribution >= 0.6 is 0 Å². The summed E-state index contributed by atoms with van der Waals surface area (Å²) < 4.78 is 42.9. The zero-order chi connectivity index (χ0) is 24.7. The number of nitrogens with zero attached hydrogens (tertiary/aromatic N) is 1. The second-order valence-electron chi connectivity index (χ2n) is 7.86. The van der Waals surface area contributed by atoms with Gasteiger partial charge in [0.2, 0.25) is 15.9 Å². The van der Waals surface area contributed by atoms with Gasteiger partial charge in [-0.05, 0) is 49.6 Å². The van der Waals surface area contributed by atoms with Crippen LogP contribution in [0.2, 0.25) is 0 Å². The predicted molar refractivity (Wildman–Crippen MR) is 126 cm³/mol. The maximum absolute atomic E-state index is 13.1. The van der Waals surface area contributed by atoms with Gasteiger partial charge in [-0.1, -0.05) is 12.1 Å². The van der Waals surface area contributed by atoms with E-state index in [1.807, 2.05) is 0 Å². The number of carbonyl (C=O) groups is 2. The van der Waals surface area contributed by atoms with Gasteiger partial charge in [-0.2, -0.15) is 4.31 Å². The minimum absolute atomic E-state index is 0.121. The van der Waals surface area contributed by atoms with E-state index >= 15 is 0 Å². The lowest BCUT2D eigenvalue weighted by molar-refractivity contribution is -0.142. The van der Waals surface area contributed by atoms with Gasteiger partial charge in [-0.15, -0.1) is 0 Å². The van der Waals surface area contributed by atoms with Crippen LogP contribution in [-0.4, -0.2) is 58.5 Å². The van der Waals surface area contributed by atoms with E-state index < -0.39 is 10.0 Å². The van der Waals surface area contributed by atoms with Crippen molar-refractivity contribution in [1.82, 2.24) is 4.31 Å². The maximum atomic E-state index is 13.1. The summed E-state index contributed by atoms with van der Waals surface area (Å²) in [5, 5.41) is 2.88. The fraction of sp³-hybridized carbons (Fsp3) is 0.417. The SMILES string of the molecule is CCOC(=O)Cc1ccc(NC(=O)C2CCN(S(=O)(=O)c3ccc(OC)c(OC)c3)CC2)cc1. The lowest BCUT2D eigenvalue weighted by atomic mass is 9.97. The summed E-state index contributed by atoms with van der Waals surface area (Å²) in [6.45, 7) is 2.58. The molecule has 34 heavy (non-hydrogen) atoms. The number of nitrogens with one attached hydrogen (secondary N) is 1. The normalized spacial score (nSPS) is 14.9. The largest absolute Gasteiger partial charge is 0.493 e. The molecule has 0 atom stereocenters. The second-order valence-corrected chi connectivity index (χ2v) is 9.80. The topological polar surface area (TPSA) is 111 Å². The number of esters is 1. The average molecular weight is 491 g/mol. The Morgan fingerprint density at radius 3 is 2.24 bits per heavy atom. The van der Waals surface area contributed by atoms with Gasteiger partial charge in [-0.3, -0.25) is 9.59 Å². The number of hydrogen-bond acceptors (Lipinski definition) is 7. The third kappa shape index (κ3) is 6.06. The molecular weight excluding hydrogens is 460 g/mol. The molecule has 1 heterocycles. The van der Waals surface area contributed by atoms with Crippen molar-refractivity contribution < 1.29 is 32.2 Å².